The summed E-state index contributed by atoms with van der Waals surface area (Å²) in [4.78, 5) is 27.9. The fourth-order valence-corrected chi connectivity index (χ4v) is 4.13. The van der Waals surface area contributed by atoms with Gasteiger partial charge < -0.3 is 19.6 Å². The van der Waals surface area contributed by atoms with Gasteiger partial charge >= 0.3 is 0 Å². The van der Waals surface area contributed by atoms with Gasteiger partial charge in [0, 0.05) is 31.0 Å². The zero-order valence-electron chi connectivity index (χ0n) is 14.3. The van der Waals surface area contributed by atoms with Gasteiger partial charge in [0.1, 0.15) is 11.4 Å². The molecule has 0 aromatic heterocycles. The summed E-state index contributed by atoms with van der Waals surface area (Å²) >= 11 is 0. The molecule has 1 aromatic carbocycles. The van der Waals surface area contributed by atoms with E-state index in [2.05, 4.69) is 0 Å². The Balaban J connectivity index is 1.28. The number of phenolic OH excluding ortho intramolecular Hbond substituents is 1. The van der Waals surface area contributed by atoms with Crippen LogP contribution < -0.4 is 0 Å². The second kappa shape index (κ2) is 6.33. The minimum Gasteiger partial charge on any atom is -0.508 e. The number of nitrogens with zero attached hydrogens (tertiary/aromatic N) is 2. The van der Waals surface area contributed by atoms with Crippen molar-refractivity contribution in [2.45, 2.75) is 31.3 Å². The largest absolute Gasteiger partial charge is 0.508 e. The van der Waals surface area contributed by atoms with Gasteiger partial charge in [-0.15, -0.1) is 0 Å². The molecule has 2 amide bonds. The number of hydrogen-bond acceptors (Lipinski definition) is 4. The number of aromatic hydroxyl groups is 1. The molecule has 3 fully saturated rings. The Morgan fingerprint density at radius 3 is 2.84 bits per heavy atom. The van der Waals surface area contributed by atoms with Crippen LogP contribution in [0.4, 0.5) is 0 Å². The summed E-state index contributed by atoms with van der Waals surface area (Å²) in [5, 5.41) is 9.52. The van der Waals surface area contributed by atoms with Crippen molar-refractivity contribution >= 4 is 11.8 Å². The molecule has 3 heterocycles. The molecular formula is C19H24N2O4. The van der Waals surface area contributed by atoms with Crippen LogP contribution >= 0.6 is 0 Å². The fraction of sp³-hybridized carbons (Fsp3) is 0.579. The maximum atomic E-state index is 12.5. The smallest absolute Gasteiger partial charge is 0.254 e. The third-order valence-electron chi connectivity index (χ3n) is 5.62. The van der Waals surface area contributed by atoms with Gasteiger partial charge in [0.15, 0.2) is 0 Å². The van der Waals surface area contributed by atoms with Gasteiger partial charge in [-0.05, 0) is 37.5 Å². The topological polar surface area (TPSA) is 70.1 Å². The van der Waals surface area contributed by atoms with Gasteiger partial charge in [-0.2, -0.15) is 0 Å². The number of likely N-dealkylation sites (tertiary alicyclic amines) is 2. The molecule has 6 nitrogen and oxygen atoms in total. The van der Waals surface area contributed by atoms with Crippen molar-refractivity contribution in [3.8, 4) is 5.75 Å². The summed E-state index contributed by atoms with van der Waals surface area (Å²) in [5.74, 6) is 0.722. The van der Waals surface area contributed by atoms with Crippen LogP contribution in [0.2, 0.25) is 0 Å². The zero-order chi connectivity index (χ0) is 17.4. The third-order valence-corrected chi connectivity index (χ3v) is 5.62. The average Bonchev–Trinajstić information content (AvgIpc) is 2.98. The Morgan fingerprint density at radius 2 is 2.20 bits per heavy atom. The molecule has 0 unspecified atom stereocenters. The first-order valence-electron chi connectivity index (χ1n) is 9.05. The molecule has 3 saturated heterocycles. The summed E-state index contributed by atoms with van der Waals surface area (Å²) in [6.45, 7) is 3.57. The second-order valence-corrected chi connectivity index (χ2v) is 7.55. The normalized spacial score (nSPS) is 25.3. The van der Waals surface area contributed by atoms with Gasteiger partial charge in [0.25, 0.3) is 5.91 Å². The van der Waals surface area contributed by atoms with Crippen molar-refractivity contribution in [3.63, 3.8) is 0 Å². The molecule has 3 aliphatic rings. The molecule has 4 rings (SSSR count). The lowest BCUT2D eigenvalue weighted by Gasteiger charge is -2.53. The predicted octanol–water partition coefficient (Wildman–Crippen LogP) is 1.64. The molecule has 0 aliphatic carbocycles. The van der Waals surface area contributed by atoms with Gasteiger partial charge in [0.05, 0.1) is 19.7 Å². The molecule has 0 saturated carbocycles. The first-order valence-corrected chi connectivity index (χ1v) is 9.05. The lowest BCUT2D eigenvalue weighted by molar-refractivity contribution is -0.169. The SMILES string of the molecule is O=C1CCCN1C[C@@H]1CCC2(CN(C(=O)c3cccc(O)c3)C2)OC1. The van der Waals surface area contributed by atoms with Gasteiger partial charge in [0.2, 0.25) is 5.91 Å². The summed E-state index contributed by atoms with van der Waals surface area (Å²) in [6.07, 6.45) is 3.63. The van der Waals surface area contributed by atoms with E-state index >= 15 is 0 Å². The van der Waals surface area contributed by atoms with Crippen molar-refractivity contribution in [3.05, 3.63) is 29.8 Å². The van der Waals surface area contributed by atoms with Crippen LogP contribution in [0.15, 0.2) is 24.3 Å². The van der Waals surface area contributed by atoms with E-state index in [0.29, 0.717) is 37.6 Å². The van der Waals surface area contributed by atoms with E-state index in [1.165, 1.54) is 6.07 Å². The van der Waals surface area contributed by atoms with Crippen LogP contribution in [0.25, 0.3) is 0 Å². The Kier molecular flexibility index (Phi) is 4.15. The van der Waals surface area contributed by atoms with Crippen molar-refractivity contribution in [2.75, 3.05) is 32.8 Å². The number of rotatable bonds is 3. The van der Waals surface area contributed by atoms with Crippen LogP contribution in [0.5, 0.6) is 5.75 Å². The molecule has 1 aromatic rings. The van der Waals surface area contributed by atoms with Crippen LogP contribution in [0.3, 0.4) is 0 Å². The van der Waals surface area contributed by atoms with Crippen LogP contribution in [-0.2, 0) is 9.53 Å². The maximum Gasteiger partial charge on any atom is 0.254 e. The van der Waals surface area contributed by atoms with Crippen molar-refractivity contribution < 1.29 is 19.4 Å². The van der Waals surface area contributed by atoms with E-state index < -0.39 is 0 Å². The molecule has 1 spiro atoms. The predicted molar refractivity (Wildman–Crippen MR) is 91.2 cm³/mol. The minimum absolute atomic E-state index is 0.0603. The van der Waals surface area contributed by atoms with Gasteiger partial charge in [-0.1, -0.05) is 6.07 Å². The molecular weight excluding hydrogens is 320 g/mol. The molecule has 1 atom stereocenters. The highest BCUT2D eigenvalue weighted by atomic mass is 16.5. The van der Waals surface area contributed by atoms with E-state index in [1.807, 2.05) is 4.90 Å². The summed E-state index contributed by atoms with van der Waals surface area (Å²) < 4.78 is 6.12. The van der Waals surface area contributed by atoms with E-state index in [0.717, 1.165) is 32.4 Å². The van der Waals surface area contributed by atoms with Gasteiger partial charge in [-0.3, -0.25) is 9.59 Å². The Labute approximate surface area is 147 Å². The molecule has 6 heteroatoms. The fourth-order valence-electron chi connectivity index (χ4n) is 4.13. The number of hydrogen-bond donors (Lipinski definition) is 1. The molecule has 0 bridgehead atoms. The first-order chi connectivity index (χ1) is 12.0. The monoisotopic (exact) mass is 344 g/mol. The quantitative estimate of drug-likeness (QED) is 0.905. The number of ether oxygens (including phenoxy) is 1. The number of phenols is 1. The van der Waals surface area contributed by atoms with E-state index in [-0.39, 0.29) is 23.2 Å². The minimum atomic E-state index is -0.210. The lowest BCUT2D eigenvalue weighted by Crippen LogP contribution is -2.66. The summed E-state index contributed by atoms with van der Waals surface area (Å²) in [6, 6.07) is 6.46. The molecule has 1 N–H and O–H groups in total. The Hall–Kier alpha value is -2.08. The maximum absolute atomic E-state index is 12.5. The second-order valence-electron chi connectivity index (χ2n) is 7.55. The number of amides is 2. The number of carbonyl (C=O) groups excluding carboxylic acids is 2. The number of benzene rings is 1. The molecule has 25 heavy (non-hydrogen) atoms. The summed E-state index contributed by atoms with van der Waals surface area (Å²) in [5.41, 5.74) is 0.300. The van der Waals surface area contributed by atoms with Crippen LogP contribution in [-0.4, -0.2) is 65.1 Å². The number of carbonyl (C=O) groups is 2. The van der Waals surface area contributed by atoms with E-state index in [9.17, 15) is 14.7 Å². The molecule has 134 valence electrons. The summed E-state index contributed by atoms with van der Waals surface area (Å²) in [7, 11) is 0. The highest BCUT2D eigenvalue weighted by Crippen LogP contribution is 2.37. The Morgan fingerprint density at radius 1 is 1.36 bits per heavy atom. The van der Waals surface area contributed by atoms with Gasteiger partial charge in [-0.25, -0.2) is 0 Å². The lowest BCUT2D eigenvalue weighted by atomic mass is 9.82. The van der Waals surface area contributed by atoms with Crippen molar-refractivity contribution in [1.29, 1.82) is 0 Å². The average molecular weight is 344 g/mol. The Bertz CT molecular complexity index is 674. The standard InChI is InChI=1S/C19H24N2O4/c22-16-4-1-3-15(9-16)18(24)21-12-19(13-21)7-6-14(11-25-19)10-20-8-2-5-17(20)23/h1,3-4,9,14,22H,2,5-8,10-13H2/t14-/m0/s1. The highest BCUT2D eigenvalue weighted by molar-refractivity contribution is 5.95. The highest BCUT2D eigenvalue weighted by Gasteiger charge is 2.48. The van der Waals surface area contributed by atoms with E-state index in [1.54, 1.807) is 23.1 Å². The van der Waals surface area contributed by atoms with E-state index in [4.69, 9.17) is 4.74 Å². The van der Waals surface area contributed by atoms with Crippen LogP contribution in [0, 0.1) is 5.92 Å². The van der Waals surface area contributed by atoms with Crippen molar-refractivity contribution in [2.24, 2.45) is 5.92 Å². The van der Waals surface area contributed by atoms with Crippen LogP contribution in [0.1, 0.15) is 36.0 Å². The first kappa shape index (κ1) is 16.4. The molecule has 0 radical (unpaired) electrons. The molecule has 3 aliphatic heterocycles. The zero-order valence-corrected chi connectivity index (χ0v) is 14.3. The third kappa shape index (κ3) is 3.23. The van der Waals surface area contributed by atoms with Crippen molar-refractivity contribution in [1.82, 2.24) is 9.80 Å².